The minimum atomic E-state index is -3.62. The Bertz CT molecular complexity index is 990. The monoisotopic (exact) mass is 421 g/mol. The van der Waals surface area contributed by atoms with Crippen LogP contribution in [0.15, 0.2) is 47.4 Å². The number of hydrogen-bond acceptors (Lipinski definition) is 6. The van der Waals surface area contributed by atoms with Crippen LogP contribution in [0, 0.1) is 17.0 Å². The number of benzene rings is 2. The zero-order valence-electron chi connectivity index (χ0n) is 16.3. The third kappa shape index (κ3) is 6.00. The van der Waals surface area contributed by atoms with Crippen molar-refractivity contribution in [3.8, 4) is 5.75 Å². The molecule has 2 rings (SSSR count). The van der Waals surface area contributed by atoms with Crippen LogP contribution in [0.1, 0.15) is 25.8 Å². The number of nitrogens with one attached hydrogen (secondary N) is 2. The summed E-state index contributed by atoms with van der Waals surface area (Å²) in [4.78, 5) is 22.6. The average molecular weight is 421 g/mol. The van der Waals surface area contributed by atoms with E-state index in [1.165, 1.54) is 36.4 Å². The van der Waals surface area contributed by atoms with Crippen LogP contribution in [-0.2, 0) is 14.8 Å². The van der Waals surface area contributed by atoms with Crippen molar-refractivity contribution < 1.29 is 22.9 Å². The highest BCUT2D eigenvalue weighted by molar-refractivity contribution is 7.89. The normalized spacial score (nSPS) is 12.2. The van der Waals surface area contributed by atoms with Crippen molar-refractivity contribution in [2.75, 3.05) is 11.9 Å². The maximum absolute atomic E-state index is 12.2. The fraction of sp³-hybridized carbons (Fsp3) is 0.316. The molecule has 0 saturated heterocycles. The third-order valence-electron chi connectivity index (χ3n) is 4.25. The van der Waals surface area contributed by atoms with Gasteiger partial charge in [-0.1, -0.05) is 13.0 Å². The smallest absolute Gasteiger partial charge is 0.274 e. The lowest BCUT2D eigenvalue weighted by Crippen LogP contribution is -2.31. The number of hydrogen-bond donors (Lipinski definition) is 2. The van der Waals surface area contributed by atoms with Crippen LogP contribution in [0.5, 0.6) is 5.75 Å². The van der Waals surface area contributed by atoms with Gasteiger partial charge in [0.2, 0.25) is 10.0 Å². The minimum absolute atomic E-state index is 0.0912. The molecule has 0 bridgehead atoms. The van der Waals surface area contributed by atoms with Crippen molar-refractivity contribution in [2.24, 2.45) is 0 Å². The first kappa shape index (κ1) is 22.3. The van der Waals surface area contributed by atoms with Crippen LogP contribution >= 0.6 is 0 Å². The van der Waals surface area contributed by atoms with E-state index in [0.717, 1.165) is 0 Å². The van der Waals surface area contributed by atoms with Crippen LogP contribution < -0.4 is 14.8 Å². The van der Waals surface area contributed by atoms with Crippen LogP contribution in [0.4, 0.5) is 11.4 Å². The van der Waals surface area contributed by atoms with Crippen molar-refractivity contribution in [2.45, 2.75) is 38.1 Å². The topological polar surface area (TPSA) is 128 Å². The van der Waals surface area contributed by atoms with Gasteiger partial charge in [0.15, 0.2) is 6.61 Å². The summed E-state index contributed by atoms with van der Waals surface area (Å²) in [7, 11) is -3.62. The predicted molar refractivity (Wildman–Crippen MR) is 108 cm³/mol. The summed E-state index contributed by atoms with van der Waals surface area (Å²) in [6, 6.07) is 9.90. The third-order valence-corrected chi connectivity index (χ3v) is 5.85. The molecule has 0 aliphatic heterocycles. The van der Waals surface area contributed by atoms with Crippen LogP contribution in [0.3, 0.4) is 0 Å². The van der Waals surface area contributed by atoms with Gasteiger partial charge in [0, 0.05) is 12.1 Å². The first-order valence-electron chi connectivity index (χ1n) is 8.93. The Hall–Kier alpha value is -2.98. The van der Waals surface area contributed by atoms with Gasteiger partial charge in [-0.2, -0.15) is 0 Å². The predicted octanol–water partition coefficient (Wildman–Crippen LogP) is 3.00. The molecule has 0 unspecified atom stereocenters. The lowest BCUT2D eigenvalue weighted by molar-refractivity contribution is -0.385. The number of carbonyl (C=O) groups excluding carboxylic acids is 1. The second-order valence-electron chi connectivity index (χ2n) is 6.45. The van der Waals surface area contributed by atoms with Gasteiger partial charge in [0.1, 0.15) is 5.75 Å². The van der Waals surface area contributed by atoms with E-state index >= 15 is 0 Å². The Morgan fingerprint density at radius 2 is 1.86 bits per heavy atom. The minimum Gasteiger partial charge on any atom is -0.484 e. The van der Waals surface area contributed by atoms with Crippen LogP contribution in [0.2, 0.25) is 0 Å². The van der Waals surface area contributed by atoms with Crippen molar-refractivity contribution in [3.05, 3.63) is 58.1 Å². The van der Waals surface area contributed by atoms with E-state index in [2.05, 4.69) is 10.0 Å². The lowest BCUT2D eigenvalue weighted by Gasteiger charge is -2.13. The van der Waals surface area contributed by atoms with Crippen molar-refractivity contribution in [1.29, 1.82) is 0 Å². The maximum atomic E-state index is 12.2. The van der Waals surface area contributed by atoms with E-state index in [1.807, 2.05) is 6.92 Å². The number of carbonyl (C=O) groups is 1. The summed E-state index contributed by atoms with van der Waals surface area (Å²) in [6.45, 7) is 4.86. The average Bonchev–Trinajstić information content (AvgIpc) is 2.67. The van der Waals surface area contributed by atoms with E-state index in [1.54, 1.807) is 19.9 Å². The SMILES string of the molecule is CC[C@H](C)NS(=O)(=O)c1ccc(OCC(=O)Nc2cccc([N+](=O)[O-])c2C)cc1. The maximum Gasteiger partial charge on any atom is 0.274 e. The molecule has 1 amide bonds. The highest BCUT2D eigenvalue weighted by atomic mass is 32.2. The van der Waals surface area contributed by atoms with Crippen LogP contribution in [0.25, 0.3) is 0 Å². The molecular formula is C19H23N3O6S. The van der Waals surface area contributed by atoms with Gasteiger partial charge >= 0.3 is 0 Å². The molecule has 2 aromatic carbocycles. The van der Waals surface area contributed by atoms with Crippen molar-refractivity contribution >= 4 is 27.3 Å². The van der Waals surface area contributed by atoms with Gasteiger partial charge in [-0.25, -0.2) is 13.1 Å². The first-order valence-corrected chi connectivity index (χ1v) is 10.4. The van der Waals surface area contributed by atoms with Gasteiger partial charge in [-0.05, 0) is 50.6 Å². The Morgan fingerprint density at radius 1 is 1.21 bits per heavy atom. The molecule has 0 aliphatic rings. The molecule has 29 heavy (non-hydrogen) atoms. The zero-order valence-corrected chi connectivity index (χ0v) is 17.2. The fourth-order valence-corrected chi connectivity index (χ4v) is 3.75. The molecule has 0 fully saturated rings. The molecule has 9 nitrogen and oxygen atoms in total. The zero-order chi connectivity index (χ0) is 21.6. The van der Waals surface area contributed by atoms with E-state index in [9.17, 15) is 23.3 Å². The summed E-state index contributed by atoms with van der Waals surface area (Å²) in [5.74, 6) is -0.179. The number of nitrogens with zero attached hydrogens (tertiary/aromatic N) is 1. The molecule has 0 saturated carbocycles. The molecule has 1 atom stereocenters. The molecule has 2 N–H and O–H groups in total. The summed E-state index contributed by atoms with van der Waals surface area (Å²) in [6.07, 6.45) is 0.666. The number of nitro benzene ring substituents is 1. The van der Waals surface area contributed by atoms with Gasteiger partial charge < -0.3 is 10.1 Å². The van der Waals surface area contributed by atoms with Crippen LogP contribution in [-0.4, -0.2) is 31.9 Å². The van der Waals surface area contributed by atoms with Crippen molar-refractivity contribution in [3.63, 3.8) is 0 Å². The van der Waals surface area contributed by atoms with Gasteiger partial charge in [-0.3, -0.25) is 14.9 Å². The second kappa shape index (κ2) is 9.48. The molecule has 0 heterocycles. The highest BCUT2D eigenvalue weighted by Crippen LogP contribution is 2.25. The number of sulfonamides is 1. The molecule has 2 aromatic rings. The number of anilines is 1. The molecule has 0 aromatic heterocycles. The Morgan fingerprint density at radius 3 is 2.45 bits per heavy atom. The number of amides is 1. The Balaban J connectivity index is 1.98. The molecule has 0 radical (unpaired) electrons. The summed E-state index contributed by atoms with van der Waals surface area (Å²) >= 11 is 0. The first-order chi connectivity index (χ1) is 13.6. The molecule has 0 spiro atoms. The van der Waals surface area contributed by atoms with Crippen molar-refractivity contribution in [1.82, 2.24) is 4.72 Å². The Labute approximate surface area is 169 Å². The Kier molecular flexibility index (Phi) is 7.29. The summed E-state index contributed by atoms with van der Waals surface area (Å²) < 4.78 is 32.4. The van der Waals surface area contributed by atoms with Gasteiger partial charge in [0.25, 0.3) is 11.6 Å². The van der Waals surface area contributed by atoms with E-state index in [-0.39, 0.29) is 23.2 Å². The van der Waals surface area contributed by atoms with Gasteiger partial charge in [0.05, 0.1) is 21.1 Å². The molecule has 156 valence electrons. The lowest BCUT2D eigenvalue weighted by atomic mass is 10.1. The number of ether oxygens (including phenoxy) is 1. The van der Waals surface area contributed by atoms with E-state index in [4.69, 9.17) is 4.74 Å². The van der Waals surface area contributed by atoms with E-state index < -0.39 is 20.9 Å². The summed E-state index contributed by atoms with van der Waals surface area (Å²) in [5.41, 5.74) is 0.575. The second-order valence-corrected chi connectivity index (χ2v) is 8.16. The highest BCUT2D eigenvalue weighted by Gasteiger charge is 2.17. The fourth-order valence-electron chi connectivity index (χ4n) is 2.42. The van der Waals surface area contributed by atoms with E-state index in [0.29, 0.717) is 23.4 Å². The number of nitro groups is 1. The van der Waals surface area contributed by atoms with Gasteiger partial charge in [-0.15, -0.1) is 0 Å². The largest absolute Gasteiger partial charge is 0.484 e. The quantitative estimate of drug-likeness (QED) is 0.473. The molecule has 0 aliphatic carbocycles. The summed E-state index contributed by atoms with van der Waals surface area (Å²) in [5, 5.41) is 13.5. The molecular weight excluding hydrogens is 398 g/mol. The standard InChI is InChI=1S/C19H23N3O6S/c1-4-13(2)21-29(26,27)16-10-8-15(9-11-16)28-12-19(23)20-17-6-5-7-18(14(17)3)22(24)25/h5-11,13,21H,4,12H2,1-3H3,(H,20,23)/t13-/m0/s1. The number of rotatable bonds is 9. The molecule has 10 heteroatoms.